The van der Waals surface area contributed by atoms with Gasteiger partial charge in [-0.3, -0.25) is 14.4 Å². The minimum absolute atomic E-state index is 0.0493. The van der Waals surface area contributed by atoms with E-state index in [1.165, 1.54) is 114 Å². The summed E-state index contributed by atoms with van der Waals surface area (Å²) in [4.78, 5) is 49.3. The molecule has 0 radical (unpaired) electrons. The third kappa shape index (κ3) is 15.5. The second-order valence-corrected chi connectivity index (χ2v) is 27.8. The largest absolute Gasteiger partial charge is 0.486 e. The minimum atomic E-state index is -1.07. The van der Waals surface area contributed by atoms with Crippen LogP contribution in [0.1, 0.15) is 140 Å². The highest BCUT2D eigenvalue weighted by Gasteiger charge is 2.37. The number of aryl methyl sites for hydroxylation is 6. The maximum Gasteiger partial charge on any atom is 0.308 e. The highest BCUT2D eigenvalue weighted by molar-refractivity contribution is 5.81. The summed E-state index contributed by atoms with van der Waals surface area (Å²) in [6.07, 6.45) is 19.2. The Bertz CT molecular complexity index is 3310. The summed E-state index contributed by atoms with van der Waals surface area (Å²) in [5.74, 6) is -1.61. The van der Waals surface area contributed by atoms with Gasteiger partial charge in [0.25, 0.3) is 0 Å². The van der Waals surface area contributed by atoms with Gasteiger partial charge >= 0.3 is 5.97 Å². The number of ether oxygens (including phenoxy) is 4. The highest BCUT2D eigenvalue weighted by atomic mass is 19.1. The van der Waals surface area contributed by atoms with Gasteiger partial charge in [-0.2, -0.15) is 0 Å². The molecule has 5 N–H and O–H groups in total. The number of benzene rings is 5. The lowest BCUT2D eigenvalue weighted by atomic mass is 9.91. The fourth-order valence-corrected chi connectivity index (χ4v) is 16.0. The Hall–Kier alpha value is -7.19. The number of aliphatic carboxylic acids is 1. The van der Waals surface area contributed by atoms with Crippen LogP contribution in [-0.4, -0.2) is 160 Å². The van der Waals surface area contributed by atoms with Crippen LogP contribution in [-0.2, 0) is 52.9 Å². The van der Waals surface area contributed by atoms with Gasteiger partial charge in [0, 0.05) is 69.4 Å². The van der Waals surface area contributed by atoms with Crippen molar-refractivity contribution in [2.24, 2.45) is 17.8 Å². The van der Waals surface area contributed by atoms with E-state index in [1.54, 1.807) is 12.1 Å². The van der Waals surface area contributed by atoms with E-state index in [1.807, 2.05) is 0 Å². The molecule has 1 unspecified atom stereocenters. The van der Waals surface area contributed by atoms with Crippen molar-refractivity contribution in [1.82, 2.24) is 20.4 Å². The molecule has 0 aromatic heterocycles. The van der Waals surface area contributed by atoms with Crippen LogP contribution in [0.15, 0.2) is 78.9 Å². The number of carboxylic acids is 1. The number of fused-ring (bicyclic) bond motifs is 5. The molecule has 0 saturated carbocycles. The first kappa shape index (κ1) is 65.5. The van der Waals surface area contributed by atoms with E-state index in [2.05, 4.69) is 89.7 Å². The van der Waals surface area contributed by atoms with Crippen LogP contribution < -0.4 is 44.3 Å². The molecule has 5 aromatic rings. The zero-order chi connectivity index (χ0) is 64.7. The molecule has 94 heavy (non-hydrogen) atoms. The summed E-state index contributed by atoms with van der Waals surface area (Å²) in [5.41, 5.74) is 13.1. The number of nitrogens with one attached hydrogen (secondary N) is 2. The van der Waals surface area contributed by atoms with E-state index in [9.17, 15) is 33.4 Å². The fourth-order valence-electron chi connectivity index (χ4n) is 16.0. The SMILES string of the molecule is O=C(N[C@H](CN1CCCC1)[C@H](O)c1cc(F)c2c(c1)OCCO2)[C@@H]1CCN(c2ccc3c(c2)CCCC3)C1.O=C(N[C@H](CN1CCCC1)[C@H](O)c1cc(F)c2c(c1)OCCO2)[C@H]1CCN(c2ccc3c(c2)CCCC3)C1.O=C(O)C1CCN(c2ccc3c(c2)CCCC3)C1. The van der Waals surface area contributed by atoms with Gasteiger partial charge in [-0.25, -0.2) is 8.78 Å². The van der Waals surface area contributed by atoms with E-state index in [0.717, 1.165) is 116 Å². The van der Waals surface area contributed by atoms with Gasteiger partial charge in [0.1, 0.15) is 38.6 Å². The number of carbonyl (C=O) groups is 3. The van der Waals surface area contributed by atoms with Gasteiger partial charge < -0.3 is 69.4 Å². The summed E-state index contributed by atoms with van der Waals surface area (Å²) in [7, 11) is 0. The van der Waals surface area contributed by atoms with E-state index in [0.29, 0.717) is 81.8 Å². The van der Waals surface area contributed by atoms with E-state index < -0.39 is 41.9 Å². The molecular weight excluding hydrogens is 1200 g/mol. The first-order chi connectivity index (χ1) is 45.8. The van der Waals surface area contributed by atoms with Crippen LogP contribution in [0.2, 0.25) is 0 Å². The van der Waals surface area contributed by atoms with Crippen molar-refractivity contribution < 1.29 is 57.4 Å². The Morgan fingerprint density at radius 2 is 0.777 bits per heavy atom. The first-order valence-electron chi connectivity index (χ1n) is 35.3. The molecule has 5 fully saturated rings. The van der Waals surface area contributed by atoms with Gasteiger partial charge in [-0.1, -0.05) is 18.2 Å². The number of aliphatic hydroxyl groups is 2. The standard InChI is InChI=1S/2C30H38FN3O4.C15H19NO2/c2*31-25-16-23(17-27-29(25)38-14-13-37-27)28(35)26(19-33-10-3-4-11-33)32-30(36)22-9-12-34(18-22)24-8-7-20-5-1-2-6-21(20)15-24;17-15(18)13-7-8-16(10-13)14-6-5-11-3-1-2-4-12(11)9-14/h2*7-8,15-17,22,26,28,35H,1-6,9-14,18-19H2,(H,32,36);5-6,9,13H,1-4,7-8,10H2,(H,17,18)/t22-,26+,28+;22-,26-,28-;/m01./s1. The molecule has 10 aliphatic rings. The lowest BCUT2D eigenvalue weighted by molar-refractivity contribution is -0.141. The molecule has 0 spiro atoms. The molecule has 2 amide bonds. The second-order valence-electron chi connectivity index (χ2n) is 27.8. The predicted octanol–water partition coefficient (Wildman–Crippen LogP) is 9.71. The number of hydrogen-bond acceptors (Lipinski definition) is 14. The number of hydrogen-bond donors (Lipinski definition) is 5. The van der Waals surface area contributed by atoms with Crippen molar-refractivity contribution in [3.05, 3.63) is 135 Å². The monoisotopic (exact) mass is 1290 g/mol. The number of carboxylic acid groups (broad SMARTS) is 1. The van der Waals surface area contributed by atoms with Crippen molar-refractivity contribution in [3.8, 4) is 23.0 Å². The molecule has 0 bridgehead atoms. The molecular formula is C75H95F2N7O10. The third-order valence-corrected chi connectivity index (χ3v) is 21.4. The van der Waals surface area contributed by atoms with Gasteiger partial charge in [0.15, 0.2) is 34.6 Å². The average Bonchev–Trinajstić information content (AvgIpc) is 2.15. The summed E-state index contributed by atoms with van der Waals surface area (Å²) >= 11 is 0. The smallest absolute Gasteiger partial charge is 0.308 e. The molecule has 7 atom stereocenters. The fraction of sp³-hybridized carbons (Fsp3) is 0.560. The zero-order valence-corrected chi connectivity index (χ0v) is 54.5. The predicted molar refractivity (Wildman–Crippen MR) is 358 cm³/mol. The molecule has 7 aliphatic heterocycles. The van der Waals surface area contributed by atoms with Crippen molar-refractivity contribution >= 4 is 34.8 Å². The molecule has 7 heterocycles. The third-order valence-electron chi connectivity index (χ3n) is 21.4. The van der Waals surface area contributed by atoms with E-state index in [4.69, 9.17) is 24.1 Å². The van der Waals surface area contributed by atoms with Crippen LogP contribution in [0, 0.1) is 29.4 Å². The lowest BCUT2D eigenvalue weighted by Crippen LogP contribution is -2.48. The van der Waals surface area contributed by atoms with Crippen LogP contribution in [0.4, 0.5) is 25.8 Å². The number of anilines is 3. The Morgan fingerprint density at radius 3 is 1.14 bits per heavy atom. The summed E-state index contributed by atoms with van der Waals surface area (Å²) in [6.45, 7) is 10.6. The van der Waals surface area contributed by atoms with Crippen molar-refractivity contribution in [1.29, 1.82) is 0 Å². The topological polar surface area (TPSA) is 189 Å². The van der Waals surface area contributed by atoms with Crippen molar-refractivity contribution in [2.45, 2.75) is 146 Å². The van der Waals surface area contributed by atoms with Gasteiger partial charge in [0.05, 0.1) is 29.8 Å². The number of amides is 2. The number of nitrogens with zero attached hydrogens (tertiary/aromatic N) is 5. The first-order valence-corrected chi connectivity index (χ1v) is 35.3. The van der Waals surface area contributed by atoms with Crippen molar-refractivity contribution in [2.75, 3.05) is 120 Å². The normalized spacial score (nSPS) is 22.7. The zero-order valence-electron chi connectivity index (χ0n) is 54.5. The summed E-state index contributed by atoms with van der Waals surface area (Å²) in [6, 6.07) is 25.0. The van der Waals surface area contributed by atoms with Crippen LogP contribution in [0.3, 0.4) is 0 Å². The number of carbonyl (C=O) groups excluding carboxylic acids is 2. The molecule has 19 heteroatoms. The molecule has 5 aromatic carbocycles. The summed E-state index contributed by atoms with van der Waals surface area (Å²) in [5, 5.41) is 38.1. The van der Waals surface area contributed by atoms with Gasteiger partial charge in [-0.05, 0) is 253 Å². The van der Waals surface area contributed by atoms with Crippen molar-refractivity contribution in [3.63, 3.8) is 0 Å². The molecule has 15 rings (SSSR count). The van der Waals surface area contributed by atoms with Crippen LogP contribution in [0.5, 0.6) is 23.0 Å². The Balaban J connectivity index is 0.000000136. The molecule has 3 aliphatic carbocycles. The summed E-state index contributed by atoms with van der Waals surface area (Å²) < 4.78 is 51.5. The lowest BCUT2D eigenvalue weighted by Gasteiger charge is -2.30. The van der Waals surface area contributed by atoms with Crippen LogP contribution in [0.25, 0.3) is 0 Å². The van der Waals surface area contributed by atoms with E-state index in [-0.39, 0.29) is 41.1 Å². The quantitative estimate of drug-likeness (QED) is 0.0628. The van der Waals surface area contributed by atoms with Gasteiger partial charge in [0.2, 0.25) is 11.8 Å². The minimum Gasteiger partial charge on any atom is -0.486 e. The average molecular weight is 1290 g/mol. The number of likely N-dealkylation sites (tertiary alicyclic amines) is 2. The number of rotatable bonds is 16. The Morgan fingerprint density at radius 1 is 0.436 bits per heavy atom. The van der Waals surface area contributed by atoms with E-state index >= 15 is 0 Å². The van der Waals surface area contributed by atoms with Gasteiger partial charge in [-0.15, -0.1) is 0 Å². The molecule has 17 nitrogen and oxygen atoms in total. The maximum atomic E-state index is 14.8. The highest BCUT2D eigenvalue weighted by Crippen LogP contribution is 2.40. The Labute approximate surface area is 552 Å². The second kappa shape index (κ2) is 30.3. The van der Waals surface area contributed by atoms with Crippen LogP contribution >= 0.6 is 0 Å². The Kier molecular flexibility index (Phi) is 21.1. The maximum absolute atomic E-state index is 14.8. The molecule has 504 valence electrons. The molecule has 5 saturated heterocycles. The number of aliphatic hydroxyl groups excluding tert-OH is 2. The number of halogens is 2.